The van der Waals surface area contributed by atoms with Gasteiger partial charge in [-0.2, -0.15) is 5.10 Å². The van der Waals surface area contributed by atoms with Gasteiger partial charge in [-0.25, -0.2) is 4.79 Å². The van der Waals surface area contributed by atoms with E-state index in [4.69, 9.17) is 14.6 Å². The molecule has 3 aliphatic rings. The van der Waals surface area contributed by atoms with Crippen molar-refractivity contribution in [3.63, 3.8) is 0 Å². The lowest BCUT2D eigenvalue weighted by atomic mass is 9.78. The van der Waals surface area contributed by atoms with Crippen LogP contribution in [-0.4, -0.2) is 59.2 Å². The fourth-order valence-corrected chi connectivity index (χ4v) is 7.28. The van der Waals surface area contributed by atoms with Crippen molar-refractivity contribution in [1.29, 1.82) is 0 Å². The van der Waals surface area contributed by atoms with E-state index in [1.807, 2.05) is 23.2 Å². The average Bonchev–Trinajstić information content (AvgIpc) is 3.82. The Kier molecular flexibility index (Phi) is 10.1. The molecule has 3 aromatic rings. The zero-order valence-corrected chi connectivity index (χ0v) is 27.4. The molecule has 0 aliphatic heterocycles. The molecule has 0 unspecified atom stereocenters. The van der Waals surface area contributed by atoms with Crippen molar-refractivity contribution in [3.05, 3.63) is 66.0 Å². The molecule has 10 nitrogen and oxygen atoms in total. The van der Waals surface area contributed by atoms with Gasteiger partial charge in [-0.3, -0.25) is 14.3 Å². The minimum Gasteiger partial charge on any atom is -0.496 e. The highest BCUT2D eigenvalue weighted by atomic mass is 16.6. The first kappa shape index (κ1) is 32.6. The summed E-state index contributed by atoms with van der Waals surface area (Å²) in [5, 5.41) is 15.6. The van der Waals surface area contributed by atoms with Crippen molar-refractivity contribution >= 4 is 23.7 Å². The minimum atomic E-state index is -1.12. The molecule has 0 spiro atoms. The number of carbonyl (C=O) groups excluding carboxylic acids is 2. The molecule has 6 rings (SSSR count). The number of aryl methyl sites for hydroxylation is 1. The molecule has 0 radical (unpaired) electrons. The van der Waals surface area contributed by atoms with E-state index in [2.05, 4.69) is 58.5 Å². The van der Waals surface area contributed by atoms with E-state index in [9.17, 15) is 14.4 Å². The molecule has 2 aromatic carbocycles. The molecule has 3 saturated carbocycles. The summed E-state index contributed by atoms with van der Waals surface area (Å²) in [6.45, 7) is 2.28. The number of hydrogen-bond donors (Lipinski definition) is 2. The number of aliphatic carboxylic acids is 1. The van der Waals surface area contributed by atoms with Gasteiger partial charge in [0.25, 0.3) is 0 Å². The van der Waals surface area contributed by atoms with Crippen LogP contribution in [0.25, 0.3) is 11.1 Å². The molecule has 0 bridgehead atoms. The van der Waals surface area contributed by atoms with E-state index < -0.39 is 18.6 Å². The number of benzene rings is 2. The normalized spacial score (nSPS) is 22.7. The number of alkyl carbamates (subject to hydrolysis) is 1. The van der Waals surface area contributed by atoms with Crippen LogP contribution >= 0.6 is 0 Å². The van der Waals surface area contributed by atoms with Crippen LogP contribution in [0.15, 0.2) is 54.9 Å². The second-order valence-corrected chi connectivity index (χ2v) is 13.5. The third kappa shape index (κ3) is 8.15. The van der Waals surface area contributed by atoms with Gasteiger partial charge in [-0.05, 0) is 118 Å². The first-order valence-electron chi connectivity index (χ1n) is 17.0. The van der Waals surface area contributed by atoms with Crippen molar-refractivity contribution in [3.8, 4) is 16.9 Å². The lowest BCUT2D eigenvalue weighted by molar-refractivity contribution is -0.136. The van der Waals surface area contributed by atoms with Crippen LogP contribution in [-0.2, 0) is 14.3 Å². The molecular weight excluding hydrogens is 596 g/mol. The molecule has 3 fully saturated rings. The fraction of sp³-hybridized carbons (Fsp3) is 0.514. The third-order valence-corrected chi connectivity index (χ3v) is 10.1. The topological polar surface area (TPSA) is 123 Å². The molecule has 47 heavy (non-hydrogen) atoms. The molecule has 2 N–H and O–H groups in total. The average molecular weight is 643 g/mol. The van der Waals surface area contributed by atoms with Crippen molar-refractivity contribution in [2.24, 2.45) is 11.8 Å². The Balaban J connectivity index is 1.14. The van der Waals surface area contributed by atoms with Gasteiger partial charge in [0.1, 0.15) is 18.4 Å². The summed E-state index contributed by atoms with van der Waals surface area (Å²) in [5.41, 5.74) is 5.54. The smallest absolute Gasteiger partial charge is 0.407 e. The number of anilines is 1. The van der Waals surface area contributed by atoms with Gasteiger partial charge in [0.2, 0.25) is 5.91 Å². The Morgan fingerprint density at radius 1 is 0.957 bits per heavy atom. The molecule has 0 atom stereocenters. The molecule has 1 aromatic heterocycles. The lowest BCUT2D eigenvalue weighted by Gasteiger charge is -2.36. The number of ether oxygens (including phenoxy) is 2. The molecular formula is C37H46N4O6. The van der Waals surface area contributed by atoms with Gasteiger partial charge in [0.15, 0.2) is 0 Å². The monoisotopic (exact) mass is 642 g/mol. The predicted octanol–water partition coefficient (Wildman–Crippen LogP) is 6.88. The summed E-state index contributed by atoms with van der Waals surface area (Å²) in [7, 11) is 1.71. The number of rotatable bonds is 11. The number of aromatic nitrogens is 2. The molecule has 0 saturated heterocycles. The highest BCUT2D eigenvalue weighted by Crippen LogP contribution is 2.40. The van der Waals surface area contributed by atoms with Crippen molar-refractivity contribution in [1.82, 2.24) is 15.1 Å². The summed E-state index contributed by atoms with van der Waals surface area (Å²) in [4.78, 5) is 39.1. The number of carboxylic acid groups (broad SMARTS) is 1. The van der Waals surface area contributed by atoms with E-state index in [1.165, 1.54) is 18.4 Å². The maximum Gasteiger partial charge on any atom is 0.407 e. The molecule has 1 heterocycles. The van der Waals surface area contributed by atoms with Gasteiger partial charge in [0.05, 0.1) is 19.3 Å². The quantitative estimate of drug-likeness (QED) is 0.234. The Hall–Kier alpha value is -4.34. The van der Waals surface area contributed by atoms with Gasteiger partial charge in [-0.15, -0.1) is 0 Å². The van der Waals surface area contributed by atoms with Gasteiger partial charge in [-0.1, -0.05) is 24.3 Å². The Labute approximate surface area is 276 Å². The summed E-state index contributed by atoms with van der Waals surface area (Å²) >= 11 is 0. The van der Waals surface area contributed by atoms with E-state index >= 15 is 0 Å². The first-order valence-corrected chi connectivity index (χ1v) is 17.0. The lowest BCUT2D eigenvalue weighted by Crippen LogP contribution is -2.42. The molecule has 10 heteroatoms. The highest BCUT2D eigenvalue weighted by Gasteiger charge is 2.34. The number of carbonyl (C=O) groups is 3. The number of hydrogen-bond acceptors (Lipinski definition) is 6. The van der Waals surface area contributed by atoms with Crippen LogP contribution in [0.5, 0.6) is 5.75 Å². The van der Waals surface area contributed by atoms with E-state index in [0.717, 1.165) is 53.8 Å². The first-order chi connectivity index (χ1) is 22.8. The Morgan fingerprint density at radius 3 is 2.40 bits per heavy atom. The number of methoxy groups -OCH3 is 1. The second-order valence-electron chi connectivity index (χ2n) is 13.5. The summed E-state index contributed by atoms with van der Waals surface area (Å²) in [6, 6.07) is 15.3. The molecule has 3 aliphatic carbocycles. The number of nitrogens with one attached hydrogen (secondary N) is 1. The number of carboxylic acids is 1. The van der Waals surface area contributed by atoms with Crippen molar-refractivity contribution < 1.29 is 29.0 Å². The van der Waals surface area contributed by atoms with Gasteiger partial charge in [0, 0.05) is 29.9 Å². The number of nitrogens with zero attached hydrogens (tertiary/aromatic N) is 3. The minimum absolute atomic E-state index is 0.123. The van der Waals surface area contributed by atoms with E-state index in [0.29, 0.717) is 50.1 Å². The van der Waals surface area contributed by atoms with E-state index in [1.54, 1.807) is 7.11 Å². The Bertz CT molecular complexity index is 1570. The summed E-state index contributed by atoms with van der Waals surface area (Å²) in [6.07, 6.45) is 12.0. The zero-order valence-electron chi connectivity index (χ0n) is 27.4. The maximum atomic E-state index is 14.3. The van der Waals surface area contributed by atoms with Crippen molar-refractivity contribution in [2.75, 3.05) is 25.1 Å². The third-order valence-electron chi connectivity index (χ3n) is 10.1. The largest absolute Gasteiger partial charge is 0.496 e. The van der Waals surface area contributed by atoms with Crippen LogP contribution in [0.3, 0.4) is 0 Å². The summed E-state index contributed by atoms with van der Waals surface area (Å²) < 4.78 is 13.0. The second kappa shape index (κ2) is 14.6. The van der Waals surface area contributed by atoms with Gasteiger partial charge < -0.3 is 24.8 Å². The van der Waals surface area contributed by atoms with Crippen LogP contribution < -0.4 is 15.0 Å². The predicted molar refractivity (Wildman–Crippen MR) is 179 cm³/mol. The maximum absolute atomic E-state index is 14.3. The molecule has 2 amide bonds. The van der Waals surface area contributed by atoms with Crippen LogP contribution in [0.1, 0.15) is 87.3 Å². The van der Waals surface area contributed by atoms with E-state index in [-0.39, 0.29) is 17.9 Å². The molecule has 250 valence electrons. The fourth-order valence-electron chi connectivity index (χ4n) is 7.28. The standard InChI is InChI=1S/C37H46N4O6/c1-24-18-29(12-17-34(24)46-2)26-8-6-25(7-9-26)22-40(32-5-3-4-28(19-32)30-20-39-41(23-30)31-13-14-31)36(44)27-10-15-33(16-11-27)47-37(45)38-21-35(42)43/h3-5,12,17-20,23,25-27,31,33H,6-11,13-16,21-22H2,1-2H3,(H,38,45)(H,42,43)/t25-,26-,27-,33-. The van der Waals surface area contributed by atoms with Crippen molar-refractivity contribution in [2.45, 2.75) is 89.2 Å². The highest BCUT2D eigenvalue weighted by molar-refractivity contribution is 5.95. The van der Waals surface area contributed by atoms with Crippen LogP contribution in [0.4, 0.5) is 10.5 Å². The van der Waals surface area contributed by atoms with Crippen LogP contribution in [0, 0.1) is 18.8 Å². The Morgan fingerprint density at radius 2 is 1.72 bits per heavy atom. The van der Waals surface area contributed by atoms with Crippen LogP contribution in [0.2, 0.25) is 0 Å². The zero-order chi connectivity index (χ0) is 32.9. The summed E-state index contributed by atoms with van der Waals surface area (Å²) in [5.74, 6) is 0.652. The SMILES string of the molecule is COc1ccc([C@H]2CC[C@H](CN(c3cccc(-c4cnn(C5CC5)c4)c3)C(=O)[C@H]3CC[C@H](OC(=O)NCC(=O)O)CC3)CC2)cc1C. The number of amides is 2. The van der Waals surface area contributed by atoms with Gasteiger partial charge >= 0.3 is 12.1 Å².